The number of hydrogen-bond acceptors (Lipinski definition) is 3. The van der Waals surface area contributed by atoms with Crippen LogP contribution in [0.3, 0.4) is 0 Å². The summed E-state index contributed by atoms with van der Waals surface area (Å²) in [6, 6.07) is 13.7. The molecular weight excluding hydrogens is 278 g/mol. The summed E-state index contributed by atoms with van der Waals surface area (Å²) in [5, 5.41) is 0.613. The number of rotatable bonds is 5. The van der Waals surface area contributed by atoms with Gasteiger partial charge in [0.1, 0.15) is 11.5 Å². The zero-order valence-electron chi connectivity index (χ0n) is 10.7. The lowest BCUT2D eigenvalue weighted by Crippen LogP contribution is -2.02. The lowest BCUT2D eigenvalue weighted by Gasteiger charge is -2.11. The molecule has 0 atom stereocenters. The van der Waals surface area contributed by atoms with Gasteiger partial charge in [-0.25, -0.2) is 0 Å². The minimum atomic E-state index is 0.613. The van der Waals surface area contributed by atoms with Crippen LogP contribution in [0, 0.1) is 0 Å². The SMILES string of the molecule is CSc1ccccc1Oc1ccc(CCN)cc1Cl. The molecule has 0 aliphatic rings. The molecule has 0 saturated heterocycles. The normalized spacial score (nSPS) is 10.5. The average molecular weight is 294 g/mol. The molecule has 19 heavy (non-hydrogen) atoms. The molecule has 4 heteroatoms. The van der Waals surface area contributed by atoms with Gasteiger partial charge in [0.15, 0.2) is 0 Å². The summed E-state index contributed by atoms with van der Waals surface area (Å²) in [6.07, 6.45) is 2.84. The van der Waals surface area contributed by atoms with E-state index >= 15 is 0 Å². The van der Waals surface area contributed by atoms with Crippen LogP contribution in [0.1, 0.15) is 5.56 Å². The average Bonchev–Trinajstić information content (AvgIpc) is 2.43. The zero-order valence-corrected chi connectivity index (χ0v) is 12.3. The molecule has 2 nitrogen and oxygen atoms in total. The van der Waals surface area contributed by atoms with Crippen molar-refractivity contribution < 1.29 is 4.74 Å². The van der Waals surface area contributed by atoms with Gasteiger partial charge in [-0.1, -0.05) is 29.8 Å². The first kappa shape index (κ1) is 14.3. The molecule has 0 aromatic heterocycles. The molecule has 2 rings (SSSR count). The van der Waals surface area contributed by atoms with Gasteiger partial charge in [0, 0.05) is 4.90 Å². The number of thioether (sulfide) groups is 1. The second kappa shape index (κ2) is 6.85. The maximum absolute atomic E-state index is 6.24. The fourth-order valence-electron chi connectivity index (χ4n) is 1.77. The highest BCUT2D eigenvalue weighted by molar-refractivity contribution is 7.98. The van der Waals surface area contributed by atoms with Crippen molar-refractivity contribution in [1.29, 1.82) is 0 Å². The number of nitrogens with two attached hydrogens (primary N) is 1. The molecule has 0 fully saturated rings. The standard InChI is InChI=1S/C15H16ClNOS/c1-19-15-5-3-2-4-14(15)18-13-7-6-11(8-9-17)10-12(13)16/h2-7,10H,8-9,17H2,1H3. The van der Waals surface area contributed by atoms with Crippen molar-refractivity contribution in [2.24, 2.45) is 5.73 Å². The van der Waals surface area contributed by atoms with Gasteiger partial charge in [-0.2, -0.15) is 0 Å². The minimum absolute atomic E-state index is 0.613. The van der Waals surface area contributed by atoms with E-state index < -0.39 is 0 Å². The van der Waals surface area contributed by atoms with E-state index in [1.165, 1.54) is 0 Å². The molecule has 0 amide bonds. The highest BCUT2D eigenvalue weighted by atomic mass is 35.5. The minimum Gasteiger partial charge on any atom is -0.455 e. The van der Waals surface area contributed by atoms with E-state index in [0.29, 0.717) is 17.3 Å². The van der Waals surface area contributed by atoms with Crippen LogP contribution in [0.4, 0.5) is 0 Å². The van der Waals surface area contributed by atoms with E-state index in [1.807, 2.05) is 48.7 Å². The van der Waals surface area contributed by atoms with E-state index in [0.717, 1.165) is 22.6 Å². The van der Waals surface area contributed by atoms with E-state index in [-0.39, 0.29) is 0 Å². The topological polar surface area (TPSA) is 35.2 Å². The second-order valence-electron chi connectivity index (χ2n) is 4.06. The summed E-state index contributed by atoms with van der Waals surface area (Å²) in [5.41, 5.74) is 6.66. The van der Waals surface area contributed by atoms with Crippen LogP contribution in [0.2, 0.25) is 5.02 Å². The quantitative estimate of drug-likeness (QED) is 0.832. The number of ether oxygens (including phenoxy) is 1. The van der Waals surface area contributed by atoms with Crippen molar-refractivity contribution in [3.05, 3.63) is 53.1 Å². The lowest BCUT2D eigenvalue weighted by atomic mass is 10.1. The van der Waals surface area contributed by atoms with Crippen LogP contribution in [-0.2, 0) is 6.42 Å². The van der Waals surface area contributed by atoms with E-state index in [4.69, 9.17) is 22.1 Å². The predicted molar refractivity (Wildman–Crippen MR) is 82.5 cm³/mol. The predicted octanol–water partition coefficient (Wildman–Crippen LogP) is 4.36. The third-order valence-electron chi connectivity index (χ3n) is 2.72. The number of halogens is 1. The Bertz CT molecular complexity index is 560. The van der Waals surface area contributed by atoms with Crippen LogP contribution >= 0.6 is 23.4 Å². The first-order chi connectivity index (χ1) is 9.24. The van der Waals surface area contributed by atoms with Crippen LogP contribution < -0.4 is 10.5 Å². The van der Waals surface area contributed by atoms with Crippen molar-refractivity contribution in [2.45, 2.75) is 11.3 Å². The summed E-state index contributed by atoms with van der Waals surface area (Å²) in [4.78, 5) is 1.09. The molecule has 2 aromatic carbocycles. The Balaban J connectivity index is 2.23. The molecule has 0 heterocycles. The molecule has 0 saturated carbocycles. The molecule has 0 radical (unpaired) electrons. The van der Waals surface area contributed by atoms with Gasteiger partial charge < -0.3 is 10.5 Å². The third kappa shape index (κ3) is 3.66. The first-order valence-corrected chi connectivity index (χ1v) is 7.64. The van der Waals surface area contributed by atoms with E-state index in [9.17, 15) is 0 Å². The molecule has 0 unspecified atom stereocenters. The Morgan fingerprint density at radius 1 is 1.16 bits per heavy atom. The van der Waals surface area contributed by atoms with Gasteiger partial charge >= 0.3 is 0 Å². The van der Waals surface area contributed by atoms with Crippen molar-refractivity contribution in [1.82, 2.24) is 0 Å². The van der Waals surface area contributed by atoms with Crippen LogP contribution in [-0.4, -0.2) is 12.8 Å². The Morgan fingerprint density at radius 2 is 1.95 bits per heavy atom. The second-order valence-corrected chi connectivity index (χ2v) is 5.31. The summed E-state index contributed by atoms with van der Waals surface area (Å²) in [6.45, 7) is 0.617. The summed E-state index contributed by atoms with van der Waals surface area (Å²) >= 11 is 7.89. The van der Waals surface area contributed by atoms with Crippen LogP contribution in [0.5, 0.6) is 11.5 Å². The fourth-order valence-corrected chi connectivity index (χ4v) is 2.54. The maximum Gasteiger partial charge on any atom is 0.146 e. The van der Waals surface area contributed by atoms with Crippen molar-refractivity contribution >= 4 is 23.4 Å². The van der Waals surface area contributed by atoms with Gasteiger partial charge in [0.25, 0.3) is 0 Å². The highest BCUT2D eigenvalue weighted by Crippen LogP contribution is 2.35. The van der Waals surface area contributed by atoms with Gasteiger partial charge in [-0.3, -0.25) is 0 Å². The van der Waals surface area contributed by atoms with E-state index in [2.05, 4.69) is 0 Å². The maximum atomic E-state index is 6.24. The molecule has 0 aliphatic carbocycles. The molecule has 100 valence electrons. The summed E-state index contributed by atoms with van der Waals surface area (Å²) < 4.78 is 5.88. The number of para-hydroxylation sites is 1. The highest BCUT2D eigenvalue weighted by Gasteiger charge is 2.07. The Labute approximate surface area is 122 Å². The zero-order chi connectivity index (χ0) is 13.7. The van der Waals surface area contributed by atoms with Crippen LogP contribution in [0.25, 0.3) is 0 Å². The summed E-state index contributed by atoms with van der Waals surface area (Å²) in [5.74, 6) is 1.49. The summed E-state index contributed by atoms with van der Waals surface area (Å²) in [7, 11) is 0. The number of hydrogen-bond donors (Lipinski definition) is 1. The third-order valence-corrected chi connectivity index (χ3v) is 3.79. The largest absolute Gasteiger partial charge is 0.455 e. The van der Waals surface area contributed by atoms with Gasteiger partial charge in [-0.15, -0.1) is 11.8 Å². The molecule has 2 N–H and O–H groups in total. The molecule has 2 aromatic rings. The van der Waals surface area contributed by atoms with Gasteiger partial charge in [0.2, 0.25) is 0 Å². The smallest absolute Gasteiger partial charge is 0.146 e. The molecule has 0 bridgehead atoms. The molecule has 0 aliphatic heterocycles. The fraction of sp³-hybridized carbons (Fsp3) is 0.200. The van der Waals surface area contributed by atoms with Crippen molar-refractivity contribution in [3.63, 3.8) is 0 Å². The Morgan fingerprint density at radius 3 is 2.63 bits per heavy atom. The molecule has 0 spiro atoms. The van der Waals surface area contributed by atoms with Crippen LogP contribution in [0.15, 0.2) is 47.4 Å². The number of benzene rings is 2. The van der Waals surface area contributed by atoms with E-state index in [1.54, 1.807) is 11.8 Å². The van der Waals surface area contributed by atoms with Gasteiger partial charge in [0.05, 0.1) is 5.02 Å². The Hall–Kier alpha value is -1.16. The molecular formula is C15H16ClNOS. The van der Waals surface area contributed by atoms with Gasteiger partial charge in [-0.05, 0) is 49.1 Å². The first-order valence-electron chi connectivity index (χ1n) is 6.04. The monoisotopic (exact) mass is 293 g/mol. The Kier molecular flexibility index (Phi) is 5.14. The van der Waals surface area contributed by atoms with Crippen molar-refractivity contribution in [2.75, 3.05) is 12.8 Å². The lowest BCUT2D eigenvalue weighted by molar-refractivity contribution is 0.471. The van der Waals surface area contributed by atoms with Crippen molar-refractivity contribution in [3.8, 4) is 11.5 Å².